The number of hydrogen-bond acceptors (Lipinski definition) is 5. The second kappa shape index (κ2) is 9.27. The minimum atomic E-state index is -0.262. The summed E-state index contributed by atoms with van der Waals surface area (Å²) in [6.07, 6.45) is 4.67. The summed E-state index contributed by atoms with van der Waals surface area (Å²) >= 11 is 1.47. The molecule has 0 saturated carbocycles. The van der Waals surface area contributed by atoms with Crippen molar-refractivity contribution in [3.8, 4) is 0 Å². The molecule has 0 N–H and O–H groups in total. The van der Waals surface area contributed by atoms with E-state index in [1.54, 1.807) is 18.3 Å². The van der Waals surface area contributed by atoms with E-state index in [1.165, 1.54) is 29.0 Å². The van der Waals surface area contributed by atoms with Gasteiger partial charge in [-0.15, -0.1) is 11.3 Å². The Morgan fingerprint density at radius 3 is 2.67 bits per heavy atom. The first kappa shape index (κ1) is 21.5. The number of amides is 1. The topological polar surface area (TPSA) is 59.2 Å². The maximum absolute atomic E-state index is 13.4. The minimum absolute atomic E-state index is 0.00917. The summed E-state index contributed by atoms with van der Waals surface area (Å²) in [7, 11) is 0. The van der Waals surface area contributed by atoms with Crippen LogP contribution >= 0.6 is 11.3 Å². The number of halogens is 1. The smallest absolute Gasteiger partial charge is 0.266 e. The predicted molar refractivity (Wildman–Crippen MR) is 125 cm³/mol. The number of carbonyl (C=O) groups is 1. The van der Waals surface area contributed by atoms with Gasteiger partial charge in [-0.05, 0) is 43.0 Å². The van der Waals surface area contributed by atoms with Gasteiger partial charge in [-0.25, -0.2) is 14.4 Å². The Balaban J connectivity index is 1.31. The lowest BCUT2D eigenvalue weighted by Gasteiger charge is -2.21. The molecule has 2 aromatic carbocycles. The number of aryl methyl sites for hydroxylation is 1. The summed E-state index contributed by atoms with van der Waals surface area (Å²) in [5, 5.41) is 0.940. The number of nitrogens with zero attached hydrogens (tertiary/aromatic N) is 3. The molecular formula is C26H24FN3O2S. The van der Waals surface area contributed by atoms with Gasteiger partial charge in [0.25, 0.3) is 5.91 Å². The molecule has 0 radical (unpaired) electrons. The number of likely N-dealkylation sites (tertiary alicyclic amines) is 1. The van der Waals surface area contributed by atoms with Crippen molar-refractivity contribution in [2.45, 2.75) is 38.6 Å². The zero-order chi connectivity index (χ0) is 22.8. The van der Waals surface area contributed by atoms with Crippen LogP contribution in [0.25, 0.3) is 0 Å². The van der Waals surface area contributed by atoms with Crippen LogP contribution in [0, 0.1) is 12.7 Å². The van der Waals surface area contributed by atoms with Crippen LogP contribution in [0.4, 0.5) is 4.39 Å². The van der Waals surface area contributed by atoms with E-state index in [-0.39, 0.29) is 17.8 Å². The molecule has 1 aliphatic rings. The van der Waals surface area contributed by atoms with Crippen LogP contribution in [-0.2, 0) is 12.8 Å². The molecule has 33 heavy (non-hydrogen) atoms. The minimum Gasteiger partial charge on any atom is -0.443 e. The van der Waals surface area contributed by atoms with Gasteiger partial charge in [-0.3, -0.25) is 4.79 Å². The first-order valence-electron chi connectivity index (χ1n) is 11.1. The predicted octanol–water partition coefficient (Wildman–Crippen LogP) is 5.74. The van der Waals surface area contributed by atoms with E-state index in [9.17, 15) is 9.18 Å². The third-order valence-corrected chi connectivity index (χ3v) is 7.04. The highest BCUT2D eigenvalue weighted by Gasteiger charge is 2.35. The van der Waals surface area contributed by atoms with E-state index >= 15 is 0 Å². The normalized spacial score (nSPS) is 15.8. The summed E-state index contributed by atoms with van der Waals surface area (Å²) in [4.78, 5) is 25.1. The van der Waals surface area contributed by atoms with Crippen molar-refractivity contribution in [2.24, 2.45) is 0 Å². The van der Waals surface area contributed by atoms with Crippen molar-refractivity contribution in [3.63, 3.8) is 0 Å². The number of carbonyl (C=O) groups excluding carboxylic acids is 1. The molecule has 0 aliphatic carbocycles. The molecular weight excluding hydrogens is 437 g/mol. The lowest BCUT2D eigenvalue weighted by Crippen LogP contribution is -2.30. The number of thiazole rings is 1. The molecule has 5 nitrogen and oxygen atoms in total. The molecule has 1 atom stereocenters. The molecule has 3 heterocycles. The van der Waals surface area contributed by atoms with Crippen LogP contribution in [-0.4, -0.2) is 27.3 Å². The van der Waals surface area contributed by atoms with E-state index in [2.05, 4.69) is 22.1 Å². The van der Waals surface area contributed by atoms with Gasteiger partial charge >= 0.3 is 0 Å². The van der Waals surface area contributed by atoms with E-state index in [4.69, 9.17) is 4.42 Å². The second-order valence-corrected chi connectivity index (χ2v) is 9.39. The Kier molecular flexibility index (Phi) is 6.05. The summed E-state index contributed by atoms with van der Waals surface area (Å²) in [6, 6.07) is 16.3. The van der Waals surface area contributed by atoms with Crippen molar-refractivity contribution < 1.29 is 13.6 Å². The first-order chi connectivity index (χ1) is 16.1. The van der Waals surface area contributed by atoms with Gasteiger partial charge in [0.15, 0.2) is 0 Å². The fraction of sp³-hybridized carbons (Fsp3) is 0.269. The second-order valence-electron chi connectivity index (χ2n) is 8.31. The first-order valence-corrected chi connectivity index (χ1v) is 11.9. The van der Waals surface area contributed by atoms with Crippen molar-refractivity contribution in [2.75, 3.05) is 6.54 Å². The molecule has 4 aromatic rings. The van der Waals surface area contributed by atoms with Gasteiger partial charge in [0.1, 0.15) is 22.5 Å². The molecule has 0 unspecified atom stereocenters. The van der Waals surface area contributed by atoms with Crippen molar-refractivity contribution in [1.82, 2.24) is 14.9 Å². The highest BCUT2D eigenvalue weighted by molar-refractivity contribution is 7.13. The number of rotatable bonds is 6. The average Bonchev–Trinajstić information content (AvgIpc) is 3.55. The number of aromatic nitrogens is 2. The molecule has 2 aromatic heterocycles. The van der Waals surface area contributed by atoms with Crippen LogP contribution < -0.4 is 0 Å². The van der Waals surface area contributed by atoms with Crippen LogP contribution in [0.5, 0.6) is 0 Å². The van der Waals surface area contributed by atoms with Crippen molar-refractivity contribution in [3.05, 3.63) is 105 Å². The maximum Gasteiger partial charge on any atom is 0.266 e. The molecule has 0 spiro atoms. The van der Waals surface area contributed by atoms with Gasteiger partial charge in [0, 0.05) is 19.4 Å². The van der Waals surface area contributed by atoms with Gasteiger partial charge < -0.3 is 9.32 Å². The largest absolute Gasteiger partial charge is 0.443 e. The van der Waals surface area contributed by atoms with Gasteiger partial charge in [0.2, 0.25) is 5.89 Å². The van der Waals surface area contributed by atoms with E-state index < -0.39 is 0 Å². The number of oxazole rings is 1. The molecule has 5 rings (SSSR count). The molecule has 1 aliphatic heterocycles. The average molecular weight is 462 g/mol. The lowest BCUT2D eigenvalue weighted by atomic mass is 10.1. The van der Waals surface area contributed by atoms with Crippen molar-refractivity contribution in [1.29, 1.82) is 0 Å². The van der Waals surface area contributed by atoms with E-state index in [1.807, 2.05) is 30.0 Å². The highest BCUT2D eigenvalue weighted by Crippen LogP contribution is 2.35. The summed E-state index contributed by atoms with van der Waals surface area (Å²) in [5.41, 5.74) is 2.90. The summed E-state index contributed by atoms with van der Waals surface area (Å²) in [5.74, 6) is 0.993. The SMILES string of the molecule is Cc1nc(Cc2ccccc2)sc1C(=O)N1CCC[C@H]1c1ncc(Cc2ccc(F)cc2)o1. The monoisotopic (exact) mass is 461 g/mol. The quantitative estimate of drug-likeness (QED) is 0.368. The van der Waals surface area contributed by atoms with E-state index in [0.717, 1.165) is 35.5 Å². The fourth-order valence-electron chi connectivity index (χ4n) is 4.26. The Labute approximate surface area is 195 Å². The van der Waals surface area contributed by atoms with Crippen LogP contribution in [0.3, 0.4) is 0 Å². The molecule has 1 amide bonds. The Morgan fingerprint density at radius 2 is 1.88 bits per heavy atom. The summed E-state index contributed by atoms with van der Waals surface area (Å²) < 4.78 is 19.2. The molecule has 1 saturated heterocycles. The number of hydrogen-bond donors (Lipinski definition) is 0. The summed E-state index contributed by atoms with van der Waals surface area (Å²) in [6.45, 7) is 2.57. The maximum atomic E-state index is 13.4. The van der Waals surface area contributed by atoms with E-state index in [0.29, 0.717) is 29.5 Å². The highest BCUT2D eigenvalue weighted by atomic mass is 32.1. The van der Waals surface area contributed by atoms with Crippen LogP contribution in [0.1, 0.15) is 62.0 Å². The lowest BCUT2D eigenvalue weighted by molar-refractivity contribution is 0.0718. The fourth-order valence-corrected chi connectivity index (χ4v) is 5.31. The third kappa shape index (κ3) is 4.73. The third-order valence-electron chi connectivity index (χ3n) is 5.90. The Bertz CT molecular complexity index is 1250. The number of benzene rings is 2. The van der Waals surface area contributed by atoms with Gasteiger partial charge in [0.05, 0.1) is 16.9 Å². The zero-order valence-electron chi connectivity index (χ0n) is 18.3. The van der Waals surface area contributed by atoms with Gasteiger partial charge in [-0.1, -0.05) is 42.5 Å². The zero-order valence-corrected chi connectivity index (χ0v) is 19.1. The molecule has 7 heteroatoms. The Morgan fingerprint density at radius 1 is 1.12 bits per heavy atom. The molecule has 0 bridgehead atoms. The standard InChI is InChI=1S/C26H24FN3O2S/c1-17-24(33-23(29-17)15-18-6-3-2-4-7-18)26(31)30-13-5-8-22(30)25-28-16-21(32-25)14-19-9-11-20(27)12-10-19/h2-4,6-7,9-12,16,22H,5,8,13-15H2,1H3/t22-/m0/s1. The van der Waals surface area contributed by atoms with Crippen LogP contribution in [0.15, 0.2) is 65.2 Å². The van der Waals surface area contributed by atoms with Crippen LogP contribution in [0.2, 0.25) is 0 Å². The van der Waals surface area contributed by atoms with Crippen molar-refractivity contribution >= 4 is 17.2 Å². The molecule has 168 valence electrons. The van der Waals surface area contributed by atoms with Gasteiger partial charge in [-0.2, -0.15) is 0 Å². The Hall–Kier alpha value is -3.32. The molecule has 1 fully saturated rings.